The van der Waals surface area contributed by atoms with Crippen molar-refractivity contribution in [2.45, 2.75) is 6.92 Å². The molecule has 3 rings (SSSR count). The molecule has 144 valence electrons. The second kappa shape index (κ2) is 11.8. The normalized spacial score (nSPS) is 11.6. The molecule has 2 aromatic carbocycles. The van der Waals surface area contributed by atoms with Crippen molar-refractivity contribution in [3.63, 3.8) is 0 Å². The first kappa shape index (κ1) is 22.3. The molecule has 0 saturated heterocycles. The Balaban J connectivity index is 0.000000227. The first-order valence-corrected chi connectivity index (χ1v) is 8.42. The highest BCUT2D eigenvalue weighted by molar-refractivity contribution is 6.33. The lowest BCUT2D eigenvalue weighted by Crippen LogP contribution is -2.21. The Hall–Kier alpha value is -3.73. The third-order valence-corrected chi connectivity index (χ3v) is 3.41. The number of hydrogen-bond acceptors (Lipinski definition) is 4. The zero-order valence-electron chi connectivity index (χ0n) is 16.0. The number of methoxy groups -OCH3 is 1. The predicted molar refractivity (Wildman–Crippen MR) is 111 cm³/mol. The van der Waals surface area contributed by atoms with Crippen LogP contribution in [-0.2, 0) is 19.1 Å². The van der Waals surface area contributed by atoms with E-state index >= 15 is 0 Å². The topological polar surface area (TPSA) is 72.5 Å². The highest BCUT2D eigenvalue weighted by Crippen LogP contribution is 2.16. The van der Waals surface area contributed by atoms with E-state index in [1.54, 1.807) is 19.1 Å². The van der Waals surface area contributed by atoms with Crippen LogP contribution in [0.4, 0.5) is 0 Å². The van der Waals surface area contributed by atoms with E-state index in [0.717, 1.165) is 5.56 Å². The van der Waals surface area contributed by atoms with E-state index in [4.69, 9.17) is 0 Å². The van der Waals surface area contributed by atoms with Crippen molar-refractivity contribution < 1.29 is 19.1 Å². The van der Waals surface area contributed by atoms with Crippen molar-refractivity contribution in [2.75, 3.05) is 7.11 Å². The van der Waals surface area contributed by atoms with E-state index in [1.807, 2.05) is 54.6 Å². The van der Waals surface area contributed by atoms with Gasteiger partial charge in [0.1, 0.15) is 0 Å². The SMILES string of the molecule is C=C(C)C(=O)OC.C=Cc1ccccc1.O=C1C=C(c2ccccc2)C(=O)N1. The van der Waals surface area contributed by atoms with Gasteiger partial charge < -0.3 is 4.74 Å². The summed E-state index contributed by atoms with van der Waals surface area (Å²) in [5, 5.41) is 2.19. The van der Waals surface area contributed by atoms with Gasteiger partial charge in [0.2, 0.25) is 0 Å². The molecule has 0 aliphatic carbocycles. The Morgan fingerprint density at radius 2 is 1.54 bits per heavy atom. The molecule has 2 amide bonds. The fourth-order valence-corrected chi connectivity index (χ4v) is 2.01. The fourth-order valence-electron chi connectivity index (χ4n) is 2.01. The summed E-state index contributed by atoms with van der Waals surface area (Å²) in [6.45, 7) is 8.59. The molecule has 0 atom stereocenters. The highest BCUT2D eigenvalue weighted by atomic mass is 16.5. The van der Waals surface area contributed by atoms with Gasteiger partial charge in [-0.15, -0.1) is 0 Å². The molecule has 0 saturated carbocycles. The molecule has 2 aromatic rings. The van der Waals surface area contributed by atoms with Crippen LogP contribution >= 0.6 is 0 Å². The molecule has 5 nitrogen and oxygen atoms in total. The Morgan fingerprint density at radius 1 is 1.00 bits per heavy atom. The quantitative estimate of drug-likeness (QED) is 0.502. The predicted octanol–water partition coefficient (Wildman–Crippen LogP) is 3.79. The van der Waals surface area contributed by atoms with Gasteiger partial charge in [0.15, 0.2) is 0 Å². The average molecular weight is 377 g/mol. The van der Waals surface area contributed by atoms with E-state index < -0.39 is 0 Å². The van der Waals surface area contributed by atoms with E-state index in [2.05, 4.69) is 23.2 Å². The van der Waals surface area contributed by atoms with Crippen molar-refractivity contribution in [1.82, 2.24) is 5.32 Å². The standard InChI is InChI=1S/C10H7NO2.C8H8.C5H8O2/c12-9-6-8(10(13)11-9)7-4-2-1-3-5-7;1-2-8-6-4-3-5-7-8;1-4(2)5(6)7-3/h1-6H,(H,11,12,13);2-7H,1H2;1H2,2-3H3. The summed E-state index contributed by atoms with van der Waals surface area (Å²) < 4.78 is 4.27. The fraction of sp³-hybridized carbons (Fsp3) is 0.0870. The van der Waals surface area contributed by atoms with Crippen LogP contribution in [0.25, 0.3) is 11.6 Å². The van der Waals surface area contributed by atoms with Gasteiger partial charge in [-0.1, -0.05) is 79.9 Å². The number of ether oxygens (including phenoxy) is 1. The lowest BCUT2D eigenvalue weighted by Gasteiger charge is -1.97. The van der Waals surface area contributed by atoms with Crippen molar-refractivity contribution in [3.8, 4) is 0 Å². The summed E-state index contributed by atoms with van der Waals surface area (Å²) in [5.41, 5.74) is 2.81. The number of imide groups is 1. The molecule has 5 heteroatoms. The molecule has 0 bridgehead atoms. The van der Waals surface area contributed by atoms with Crippen LogP contribution in [0.5, 0.6) is 0 Å². The Bertz CT molecular complexity index is 868. The van der Waals surface area contributed by atoms with Crippen LogP contribution in [0.2, 0.25) is 0 Å². The first-order valence-electron chi connectivity index (χ1n) is 8.42. The Morgan fingerprint density at radius 3 is 1.86 bits per heavy atom. The van der Waals surface area contributed by atoms with Crippen molar-refractivity contribution in [1.29, 1.82) is 0 Å². The molecule has 1 aliphatic heterocycles. The summed E-state index contributed by atoms with van der Waals surface area (Å²) in [6.07, 6.45) is 3.15. The average Bonchev–Trinajstić information content (AvgIpc) is 3.07. The monoisotopic (exact) mass is 377 g/mol. The Labute approximate surface area is 165 Å². The van der Waals surface area contributed by atoms with E-state index in [0.29, 0.717) is 11.1 Å². The molecule has 0 unspecified atom stereocenters. The van der Waals surface area contributed by atoms with Crippen LogP contribution in [0.15, 0.2) is 85.5 Å². The van der Waals surface area contributed by atoms with Crippen LogP contribution in [0, 0.1) is 0 Å². The zero-order chi connectivity index (χ0) is 20.9. The van der Waals surface area contributed by atoms with Crippen LogP contribution in [0.1, 0.15) is 18.1 Å². The molecule has 0 radical (unpaired) electrons. The van der Waals surface area contributed by atoms with Crippen LogP contribution in [0.3, 0.4) is 0 Å². The number of esters is 1. The van der Waals surface area contributed by atoms with Gasteiger partial charge in [-0.2, -0.15) is 0 Å². The minimum Gasteiger partial charge on any atom is -0.466 e. The first-order chi connectivity index (χ1) is 13.4. The third kappa shape index (κ3) is 7.66. The summed E-state index contributed by atoms with van der Waals surface area (Å²) in [5.74, 6) is -1.01. The van der Waals surface area contributed by atoms with Gasteiger partial charge in [0.25, 0.3) is 11.8 Å². The summed E-state index contributed by atoms with van der Waals surface area (Å²) in [6, 6.07) is 19.1. The number of benzene rings is 2. The van der Waals surface area contributed by atoms with Gasteiger partial charge in [0, 0.05) is 11.6 Å². The number of amides is 2. The smallest absolute Gasteiger partial charge is 0.332 e. The molecular weight excluding hydrogens is 354 g/mol. The van der Waals surface area contributed by atoms with Gasteiger partial charge in [-0.25, -0.2) is 4.79 Å². The Kier molecular flexibility index (Phi) is 9.40. The molecule has 0 aromatic heterocycles. The number of carbonyl (C=O) groups excluding carboxylic acids is 3. The maximum Gasteiger partial charge on any atom is 0.332 e. The summed E-state index contributed by atoms with van der Waals surface area (Å²) in [7, 11) is 1.33. The van der Waals surface area contributed by atoms with Gasteiger partial charge in [0.05, 0.1) is 12.7 Å². The molecule has 28 heavy (non-hydrogen) atoms. The van der Waals surface area contributed by atoms with Crippen molar-refractivity contribution >= 4 is 29.4 Å². The lowest BCUT2D eigenvalue weighted by molar-refractivity contribution is -0.136. The number of nitrogens with one attached hydrogen (secondary N) is 1. The second-order valence-corrected chi connectivity index (χ2v) is 5.63. The maximum absolute atomic E-state index is 11.2. The van der Waals surface area contributed by atoms with Crippen molar-refractivity contribution in [2.24, 2.45) is 0 Å². The minimum absolute atomic E-state index is 0.323. The molecule has 1 aliphatic rings. The molecular formula is C23H23NO4. The largest absolute Gasteiger partial charge is 0.466 e. The molecule has 1 N–H and O–H groups in total. The lowest BCUT2D eigenvalue weighted by atomic mass is 10.1. The third-order valence-electron chi connectivity index (χ3n) is 3.41. The highest BCUT2D eigenvalue weighted by Gasteiger charge is 2.21. The summed E-state index contributed by atoms with van der Waals surface area (Å²) >= 11 is 0. The van der Waals surface area contributed by atoms with Gasteiger partial charge in [-0.05, 0) is 18.1 Å². The van der Waals surface area contributed by atoms with E-state index in [9.17, 15) is 14.4 Å². The van der Waals surface area contributed by atoms with Crippen molar-refractivity contribution in [3.05, 3.63) is 96.6 Å². The van der Waals surface area contributed by atoms with E-state index in [1.165, 1.54) is 18.7 Å². The zero-order valence-corrected chi connectivity index (χ0v) is 16.0. The van der Waals surface area contributed by atoms with Gasteiger partial charge >= 0.3 is 5.97 Å². The minimum atomic E-state index is -0.347. The molecule has 1 heterocycles. The number of rotatable bonds is 3. The second-order valence-electron chi connectivity index (χ2n) is 5.63. The van der Waals surface area contributed by atoms with Crippen LogP contribution in [-0.4, -0.2) is 24.9 Å². The van der Waals surface area contributed by atoms with Crippen LogP contribution < -0.4 is 5.32 Å². The number of hydrogen-bond donors (Lipinski definition) is 1. The number of carbonyl (C=O) groups is 3. The molecule has 0 fully saturated rings. The molecule has 0 spiro atoms. The van der Waals surface area contributed by atoms with Gasteiger partial charge in [-0.3, -0.25) is 14.9 Å². The van der Waals surface area contributed by atoms with E-state index in [-0.39, 0.29) is 17.8 Å². The maximum atomic E-state index is 11.2. The summed E-state index contributed by atoms with van der Waals surface area (Å²) in [4.78, 5) is 32.2.